The Kier molecular flexibility index (Phi) is 3.88. The minimum Gasteiger partial charge on any atom is -0.475 e. The van der Waals surface area contributed by atoms with Gasteiger partial charge in [0.15, 0.2) is 11.0 Å². The van der Waals surface area contributed by atoms with Crippen molar-refractivity contribution in [1.29, 1.82) is 5.41 Å². The molecule has 0 fully saturated rings. The van der Waals surface area contributed by atoms with Gasteiger partial charge in [0.1, 0.15) is 5.15 Å². The summed E-state index contributed by atoms with van der Waals surface area (Å²) in [6, 6.07) is 1.03. The predicted octanol–water partition coefficient (Wildman–Crippen LogP) is 3.28. The van der Waals surface area contributed by atoms with Crippen LogP contribution in [0.2, 0.25) is 10.3 Å². The highest BCUT2D eigenvalue weighted by Crippen LogP contribution is 2.21. The molecule has 0 spiro atoms. The summed E-state index contributed by atoms with van der Waals surface area (Å²) in [4.78, 5) is 3.54. The van der Waals surface area contributed by atoms with Crippen molar-refractivity contribution in [1.82, 2.24) is 4.98 Å². The first kappa shape index (κ1) is 12.2. The third kappa shape index (κ3) is 3.04. The Labute approximate surface area is 96.7 Å². The lowest BCUT2D eigenvalue weighted by molar-refractivity contribution is 0.227. The van der Waals surface area contributed by atoms with Gasteiger partial charge in [0.05, 0.1) is 11.7 Å². The molecule has 0 saturated carbocycles. The summed E-state index contributed by atoms with van der Waals surface area (Å²) < 4.78 is 18.1. The van der Waals surface area contributed by atoms with Gasteiger partial charge >= 0.3 is 0 Å². The lowest BCUT2D eigenvalue weighted by atomic mass is 10.3. The molecule has 0 saturated heterocycles. The second-order valence-corrected chi connectivity index (χ2v) is 3.81. The Hall–Kier alpha value is -0.870. The van der Waals surface area contributed by atoms with Gasteiger partial charge in [0.25, 0.3) is 0 Å². The first-order chi connectivity index (χ1) is 6.91. The molecule has 0 amide bonds. The number of nitrogens with one attached hydrogen (secondary N) is 1. The molecule has 1 aromatic rings. The highest BCUT2D eigenvalue weighted by Gasteiger charge is 2.14. The maximum atomic E-state index is 13.1. The zero-order valence-corrected chi connectivity index (χ0v) is 9.66. The first-order valence-corrected chi connectivity index (χ1v) is 4.94. The van der Waals surface area contributed by atoms with E-state index in [9.17, 15) is 4.39 Å². The Balaban J connectivity index is 3.04. The van der Waals surface area contributed by atoms with Crippen LogP contribution in [0.3, 0.4) is 0 Å². The largest absolute Gasteiger partial charge is 0.475 e. The standard InChI is InChI=1S/C9H9Cl2FN2O/c1-4(2)15-9(13)5-3-6(12)8(11)14-7(5)10/h3-4,13H,1-2H3. The van der Waals surface area contributed by atoms with E-state index in [1.54, 1.807) is 13.8 Å². The van der Waals surface area contributed by atoms with Crippen LogP contribution in [0.15, 0.2) is 6.07 Å². The summed E-state index contributed by atoms with van der Waals surface area (Å²) in [6.07, 6.45) is -0.188. The van der Waals surface area contributed by atoms with Gasteiger partial charge in [-0.15, -0.1) is 0 Å². The molecule has 0 bridgehead atoms. The zero-order valence-electron chi connectivity index (χ0n) is 8.14. The van der Waals surface area contributed by atoms with Crippen molar-refractivity contribution in [3.8, 4) is 0 Å². The summed E-state index contributed by atoms with van der Waals surface area (Å²) in [6.45, 7) is 3.50. The molecule has 82 valence electrons. The molecule has 1 heterocycles. The number of aromatic nitrogens is 1. The molecule has 1 rings (SSSR count). The lowest BCUT2D eigenvalue weighted by Crippen LogP contribution is -2.13. The summed E-state index contributed by atoms with van der Waals surface area (Å²) in [5, 5.41) is 7.14. The van der Waals surface area contributed by atoms with Gasteiger partial charge in [-0.3, -0.25) is 5.41 Å². The minimum atomic E-state index is -0.729. The lowest BCUT2D eigenvalue weighted by Gasteiger charge is -2.11. The van der Waals surface area contributed by atoms with E-state index in [4.69, 9.17) is 33.3 Å². The Bertz CT molecular complexity index is 396. The second-order valence-electron chi connectivity index (χ2n) is 3.10. The fourth-order valence-electron chi connectivity index (χ4n) is 0.904. The predicted molar refractivity (Wildman–Crippen MR) is 57.3 cm³/mol. The van der Waals surface area contributed by atoms with Crippen molar-refractivity contribution in [2.75, 3.05) is 0 Å². The summed E-state index contributed by atoms with van der Waals surface area (Å²) >= 11 is 11.1. The zero-order chi connectivity index (χ0) is 11.6. The molecule has 15 heavy (non-hydrogen) atoms. The molecule has 0 aromatic carbocycles. The third-order valence-electron chi connectivity index (χ3n) is 1.48. The van der Waals surface area contributed by atoms with Gasteiger partial charge in [-0.2, -0.15) is 0 Å². The Morgan fingerprint density at radius 2 is 2.07 bits per heavy atom. The van der Waals surface area contributed by atoms with E-state index < -0.39 is 5.82 Å². The van der Waals surface area contributed by atoms with Crippen LogP contribution in [0.5, 0.6) is 0 Å². The van der Waals surface area contributed by atoms with Crippen molar-refractivity contribution in [3.63, 3.8) is 0 Å². The van der Waals surface area contributed by atoms with Gasteiger partial charge in [-0.25, -0.2) is 9.37 Å². The van der Waals surface area contributed by atoms with Crippen molar-refractivity contribution in [3.05, 3.63) is 27.8 Å². The Morgan fingerprint density at radius 3 is 2.60 bits per heavy atom. The van der Waals surface area contributed by atoms with Crippen LogP contribution < -0.4 is 0 Å². The van der Waals surface area contributed by atoms with E-state index in [1.807, 2.05) is 0 Å². The summed E-state index contributed by atoms with van der Waals surface area (Å²) in [7, 11) is 0. The van der Waals surface area contributed by atoms with Crippen LogP contribution in [-0.4, -0.2) is 17.0 Å². The highest BCUT2D eigenvalue weighted by molar-refractivity contribution is 6.34. The molecule has 1 N–H and O–H groups in total. The van der Waals surface area contributed by atoms with Crippen molar-refractivity contribution in [2.45, 2.75) is 20.0 Å². The van der Waals surface area contributed by atoms with E-state index in [1.165, 1.54) is 0 Å². The maximum Gasteiger partial charge on any atom is 0.216 e. The third-order valence-corrected chi connectivity index (χ3v) is 2.04. The van der Waals surface area contributed by atoms with Crippen LogP contribution in [0.1, 0.15) is 19.4 Å². The topological polar surface area (TPSA) is 46.0 Å². The number of hydrogen-bond acceptors (Lipinski definition) is 3. The fraction of sp³-hybridized carbons (Fsp3) is 0.333. The van der Waals surface area contributed by atoms with Gasteiger partial charge in [0.2, 0.25) is 5.90 Å². The molecule has 0 atom stereocenters. The van der Waals surface area contributed by atoms with Crippen LogP contribution in [0.25, 0.3) is 0 Å². The van der Waals surface area contributed by atoms with E-state index >= 15 is 0 Å². The smallest absolute Gasteiger partial charge is 0.216 e. The normalized spacial score (nSPS) is 10.5. The summed E-state index contributed by atoms with van der Waals surface area (Å²) in [5.41, 5.74) is 0.0901. The molecule has 6 heteroatoms. The molecule has 0 aliphatic rings. The average Bonchev–Trinajstić information content (AvgIpc) is 2.09. The van der Waals surface area contributed by atoms with Crippen LogP contribution in [0, 0.1) is 11.2 Å². The van der Waals surface area contributed by atoms with E-state index in [2.05, 4.69) is 4.98 Å². The molecular formula is C9H9Cl2FN2O. The van der Waals surface area contributed by atoms with Crippen LogP contribution >= 0.6 is 23.2 Å². The van der Waals surface area contributed by atoms with Crippen molar-refractivity contribution >= 4 is 29.1 Å². The summed E-state index contributed by atoms with van der Waals surface area (Å²) in [5.74, 6) is -0.953. The number of pyridine rings is 1. The van der Waals surface area contributed by atoms with Crippen molar-refractivity contribution in [2.24, 2.45) is 0 Å². The van der Waals surface area contributed by atoms with Gasteiger partial charge in [0, 0.05) is 0 Å². The quantitative estimate of drug-likeness (QED) is 0.498. The molecular weight excluding hydrogens is 242 g/mol. The van der Waals surface area contributed by atoms with E-state index in [-0.39, 0.29) is 27.9 Å². The van der Waals surface area contributed by atoms with Gasteiger partial charge in [-0.1, -0.05) is 23.2 Å². The molecule has 0 aliphatic heterocycles. The SMILES string of the molecule is CC(C)OC(=N)c1cc(F)c(Cl)nc1Cl. The van der Waals surface area contributed by atoms with Gasteiger partial charge < -0.3 is 4.74 Å². The van der Waals surface area contributed by atoms with Crippen molar-refractivity contribution < 1.29 is 9.13 Å². The molecule has 3 nitrogen and oxygen atoms in total. The fourth-order valence-corrected chi connectivity index (χ4v) is 1.31. The monoisotopic (exact) mass is 250 g/mol. The number of ether oxygens (including phenoxy) is 1. The molecule has 0 unspecified atom stereocenters. The van der Waals surface area contributed by atoms with E-state index in [0.717, 1.165) is 6.07 Å². The first-order valence-electron chi connectivity index (χ1n) is 4.19. The average molecular weight is 251 g/mol. The number of hydrogen-bond donors (Lipinski definition) is 1. The minimum absolute atomic E-state index is 0.0490. The number of halogens is 3. The molecule has 1 aromatic heterocycles. The van der Waals surface area contributed by atoms with Crippen LogP contribution in [-0.2, 0) is 4.74 Å². The van der Waals surface area contributed by atoms with Gasteiger partial charge in [-0.05, 0) is 19.9 Å². The number of rotatable bonds is 2. The maximum absolute atomic E-state index is 13.1. The van der Waals surface area contributed by atoms with E-state index in [0.29, 0.717) is 0 Å². The second kappa shape index (κ2) is 4.77. The highest BCUT2D eigenvalue weighted by atomic mass is 35.5. The molecule has 0 radical (unpaired) electrons. The number of nitrogens with zero attached hydrogens (tertiary/aromatic N) is 1. The molecule has 0 aliphatic carbocycles. The Morgan fingerprint density at radius 1 is 1.47 bits per heavy atom. The van der Waals surface area contributed by atoms with Crippen LogP contribution in [0.4, 0.5) is 4.39 Å².